The molecule has 24 heavy (non-hydrogen) atoms. The van der Waals surface area contributed by atoms with Crippen LogP contribution in [-0.2, 0) is 12.1 Å². The van der Waals surface area contributed by atoms with E-state index in [0.29, 0.717) is 17.6 Å². The molecule has 5 heteroatoms. The van der Waals surface area contributed by atoms with Gasteiger partial charge in [-0.3, -0.25) is 4.79 Å². The number of amides is 1. The lowest BCUT2D eigenvalue weighted by atomic mass is 9.84. The number of aryl methyl sites for hydroxylation is 2. The topological polar surface area (TPSA) is 66.6 Å². The largest absolute Gasteiger partial charge is 0.367 e. The fraction of sp³-hybridized carbons (Fsp3) is 0.263. The van der Waals surface area contributed by atoms with E-state index in [0.717, 1.165) is 29.7 Å². The van der Waals surface area contributed by atoms with Crippen LogP contribution < -0.4 is 5.32 Å². The number of carbonyl (C=O) groups is 1. The monoisotopic (exact) mass is 321 g/mol. The Morgan fingerprint density at radius 3 is 3.00 bits per heavy atom. The number of benzene rings is 1. The molecule has 0 bridgehead atoms. The van der Waals surface area contributed by atoms with Gasteiger partial charge in [0, 0.05) is 23.7 Å². The lowest BCUT2D eigenvalue weighted by molar-refractivity contribution is -0.0110. The summed E-state index contributed by atoms with van der Waals surface area (Å²) in [5, 5.41) is 13.9. The van der Waals surface area contributed by atoms with Crippen LogP contribution in [0.4, 0.5) is 0 Å². The summed E-state index contributed by atoms with van der Waals surface area (Å²) >= 11 is 0. The van der Waals surface area contributed by atoms with Gasteiger partial charge in [-0.1, -0.05) is 24.3 Å². The standard InChI is InChI=1S/C19H19N3O2/c1-13-8-11-20-17-15(9-12-22(13)17)18(23)21-19(24)10-4-6-14-5-2-3-7-16(14)19/h2-3,5,7-9,11-12,24H,4,6,10H2,1H3,(H,21,23). The van der Waals surface area contributed by atoms with Gasteiger partial charge in [0.15, 0.2) is 5.72 Å². The predicted molar refractivity (Wildman–Crippen MR) is 90.7 cm³/mol. The van der Waals surface area contributed by atoms with Gasteiger partial charge in [0.25, 0.3) is 5.91 Å². The Kier molecular flexibility index (Phi) is 3.39. The predicted octanol–water partition coefficient (Wildman–Crippen LogP) is 2.55. The maximum absolute atomic E-state index is 12.8. The number of hydrogen-bond acceptors (Lipinski definition) is 3. The summed E-state index contributed by atoms with van der Waals surface area (Å²) in [6, 6.07) is 11.4. The minimum absolute atomic E-state index is 0.310. The van der Waals surface area contributed by atoms with Crippen molar-refractivity contribution < 1.29 is 9.90 Å². The fourth-order valence-corrected chi connectivity index (χ4v) is 3.51. The van der Waals surface area contributed by atoms with E-state index in [1.54, 1.807) is 12.3 Å². The van der Waals surface area contributed by atoms with Crippen molar-refractivity contribution in [2.45, 2.75) is 31.9 Å². The van der Waals surface area contributed by atoms with Crippen molar-refractivity contribution in [3.05, 3.63) is 71.2 Å². The van der Waals surface area contributed by atoms with Gasteiger partial charge in [-0.25, -0.2) is 4.98 Å². The number of aromatic nitrogens is 2. The molecule has 1 atom stereocenters. The number of nitrogens with one attached hydrogen (secondary N) is 1. The molecule has 0 radical (unpaired) electrons. The van der Waals surface area contributed by atoms with Crippen molar-refractivity contribution in [1.82, 2.24) is 14.7 Å². The summed E-state index contributed by atoms with van der Waals surface area (Å²) < 4.78 is 1.87. The molecule has 122 valence electrons. The molecule has 1 unspecified atom stereocenters. The van der Waals surface area contributed by atoms with Gasteiger partial charge < -0.3 is 14.8 Å². The highest BCUT2D eigenvalue weighted by Gasteiger charge is 2.36. The van der Waals surface area contributed by atoms with Crippen LogP contribution in [0.5, 0.6) is 0 Å². The van der Waals surface area contributed by atoms with Crippen LogP contribution in [-0.4, -0.2) is 20.4 Å². The molecule has 4 rings (SSSR count). The highest BCUT2D eigenvalue weighted by Crippen LogP contribution is 2.33. The number of hydrogen-bond donors (Lipinski definition) is 2. The number of carbonyl (C=O) groups excluding carboxylic acids is 1. The van der Waals surface area contributed by atoms with E-state index >= 15 is 0 Å². The number of fused-ring (bicyclic) bond motifs is 2. The SMILES string of the molecule is Cc1ccnc2c(C(=O)NC3(O)CCCc4ccccc43)ccn12. The molecule has 1 amide bonds. The maximum Gasteiger partial charge on any atom is 0.257 e. The van der Waals surface area contributed by atoms with E-state index in [1.165, 1.54) is 0 Å². The molecule has 1 aliphatic rings. The van der Waals surface area contributed by atoms with E-state index < -0.39 is 5.72 Å². The second-order valence-corrected chi connectivity index (χ2v) is 6.33. The Morgan fingerprint density at radius 2 is 2.12 bits per heavy atom. The third-order valence-corrected chi connectivity index (χ3v) is 4.76. The van der Waals surface area contributed by atoms with Crippen molar-refractivity contribution in [3.63, 3.8) is 0 Å². The zero-order valence-corrected chi connectivity index (χ0v) is 13.5. The van der Waals surface area contributed by atoms with Crippen molar-refractivity contribution in [2.75, 3.05) is 0 Å². The van der Waals surface area contributed by atoms with Gasteiger partial charge in [-0.15, -0.1) is 0 Å². The Hall–Kier alpha value is -2.66. The van der Waals surface area contributed by atoms with Crippen LogP contribution >= 0.6 is 0 Å². The van der Waals surface area contributed by atoms with Gasteiger partial charge in [-0.05, 0) is 43.9 Å². The van der Waals surface area contributed by atoms with Gasteiger partial charge in [0.2, 0.25) is 0 Å². The number of nitrogens with zero attached hydrogens (tertiary/aromatic N) is 2. The van der Waals surface area contributed by atoms with Crippen LogP contribution in [0.25, 0.3) is 5.65 Å². The summed E-state index contributed by atoms with van der Waals surface area (Å²) in [5.41, 5.74) is 2.61. The molecule has 0 saturated carbocycles. The maximum atomic E-state index is 12.8. The first kappa shape index (κ1) is 14.9. The van der Waals surface area contributed by atoms with Crippen molar-refractivity contribution in [1.29, 1.82) is 0 Å². The zero-order chi connectivity index (χ0) is 16.7. The number of aliphatic hydroxyl groups is 1. The quantitative estimate of drug-likeness (QED) is 0.713. The highest BCUT2D eigenvalue weighted by atomic mass is 16.3. The van der Waals surface area contributed by atoms with Crippen LogP contribution in [0.3, 0.4) is 0 Å². The van der Waals surface area contributed by atoms with Crippen LogP contribution in [0.15, 0.2) is 48.8 Å². The van der Waals surface area contributed by atoms with E-state index in [-0.39, 0.29) is 5.91 Å². The van der Waals surface area contributed by atoms with E-state index in [1.807, 2.05) is 47.9 Å². The van der Waals surface area contributed by atoms with E-state index in [4.69, 9.17) is 0 Å². The first-order valence-electron chi connectivity index (χ1n) is 8.14. The second kappa shape index (κ2) is 5.46. The summed E-state index contributed by atoms with van der Waals surface area (Å²) in [5.74, 6) is -0.310. The van der Waals surface area contributed by atoms with Crippen LogP contribution in [0.2, 0.25) is 0 Å². The van der Waals surface area contributed by atoms with Crippen molar-refractivity contribution >= 4 is 11.6 Å². The molecule has 0 saturated heterocycles. The fourth-order valence-electron chi connectivity index (χ4n) is 3.51. The molecule has 2 aromatic heterocycles. The molecule has 1 aromatic carbocycles. The number of rotatable bonds is 2. The van der Waals surface area contributed by atoms with Gasteiger partial charge in [0.1, 0.15) is 5.65 Å². The third-order valence-electron chi connectivity index (χ3n) is 4.76. The third kappa shape index (κ3) is 2.29. The molecular weight excluding hydrogens is 302 g/mol. The first-order chi connectivity index (χ1) is 11.6. The summed E-state index contributed by atoms with van der Waals surface area (Å²) in [6.45, 7) is 1.96. The molecule has 3 aromatic rings. The van der Waals surface area contributed by atoms with E-state index in [9.17, 15) is 9.90 Å². The van der Waals surface area contributed by atoms with Gasteiger partial charge >= 0.3 is 0 Å². The molecule has 1 aliphatic carbocycles. The highest BCUT2D eigenvalue weighted by molar-refractivity contribution is 6.00. The smallest absolute Gasteiger partial charge is 0.257 e. The lowest BCUT2D eigenvalue weighted by Crippen LogP contribution is -2.48. The summed E-state index contributed by atoms with van der Waals surface area (Å²) in [7, 11) is 0. The minimum atomic E-state index is -1.33. The lowest BCUT2D eigenvalue weighted by Gasteiger charge is -2.35. The molecule has 0 fully saturated rings. The average Bonchev–Trinajstić information content (AvgIpc) is 3.01. The normalized spacial score (nSPS) is 19.9. The Morgan fingerprint density at radius 1 is 1.29 bits per heavy atom. The zero-order valence-electron chi connectivity index (χ0n) is 13.5. The minimum Gasteiger partial charge on any atom is -0.367 e. The average molecular weight is 321 g/mol. The Balaban J connectivity index is 1.70. The molecule has 5 nitrogen and oxygen atoms in total. The molecular formula is C19H19N3O2. The molecule has 2 N–H and O–H groups in total. The van der Waals surface area contributed by atoms with Gasteiger partial charge in [-0.2, -0.15) is 0 Å². The summed E-state index contributed by atoms with van der Waals surface area (Å²) in [6.07, 6.45) is 5.78. The van der Waals surface area contributed by atoms with Crippen LogP contribution in [0, 0.1) is 6.92 Å². The van der Waals surface area contributed by atoms with E-state index in [2.05, 4.69) is 10.3 Å². The molecule has 0 aliphatic heterocycles. The molecule has 0 spiro atoms. The Labute approximate surface area is 140 Å². The summed E-state index contributed by atoms with van der Waals surface area (Å²) in [4.78, 5) is 17.1. The second-order valence-electron chi connectivity index (χ2n) is 6.33. The van der Waals surface area contributed by atoms with Crippen molar-refractivity contribution in [2.24, 2.45) is 0 Å². The first-order valence-corrected chi connectivity index (χ1v) is 8.14. The van der Waals surface area contributed by atoms with Crippen molar-refractivity contribution in [3.8, 4) is 0 Å². The Bertz CT molecular complexity index is 931. The van der Waals surface area contributed by atoms with Crippen LogP contribution in [0.1, 0.15) is 40.0 Å². The van der Waals surface area contributed by atoms with Gasteiger partial charge in [0.05, 0.1) is 5.56 Å². The molecule has 2 heterocycles.